The van der Waals surface area contributed by atoms with Gasteiger partial charge in [-0.15, -0.1) is 0 Å². The Balaban J connectivity index is 1.91. The van der Waals surface area contributed by atoms with Gasteiger partial charge in [0.2, 0.25) is 17.5 Å². The van der Waals surface area contributed by atoms with Crippen LogP contribution in [0.5, 0.6) is 28.7 Å². The predicted octanol–water partition coefficient (Wildman–Crippen LogP) is 0.489. The van der Waals surface area contributed by atoms with E-state index in [1.165, 1.54) is 13.0 Å². The van der Waals surface area contributed by atoms with Crippen LogP contribution in [0, 0.1) is 0 Å². The summed E-state index contributed by atoms with van der Waals surface area (Å²) >= 11 is 0. The van der Waals surface area contributed by atoms with Gasteiger partial charge in [-0.1, -0.05) is 0 Å². The number of phenols is 4. The molecule has 1 aliphatic heterocycles. The third kappa shape index (κ3) is 3.56. The van der Waals surface area contributed by atoms with Gasteiger partial charge in [-0.3, -0.25) is 4.79 Å². The Kier molecular flexibility index (Phi) is 5.34. The molecule has 1 fully saturated rings. The zero-order valence-electron chi connectivity index (χ0n) is 16.5. The predicted molar refractivity (Wildman–Crippen MR) is 108 cm³/mol. The van der Waals surface area contributed by atoms with Crippen molar-refractivity contribution in [3.8, 4) is 40.1 Å². The van der Waals surface area contributed by atoms with E-state index >= 15 is 0 Å². The average Bonchev–Trinajstić information content (AvgIpc) is 3.00. The number of phenolic OH excluding ortho intramolecular Hbond substituents is 4. The number of aromatic hydroxyl groups is 4. The molecule has 2 aromatic carbocycles. The minimum atomic E-state index is -1.64. The molecule has 3 aromatic rings. The van der Waals surface area contributed by atoms with Crippen LogP contribution in [0.1, 0.15) is 6.92 Å². The highest BCUT2D eigenvalue weighted by atomic mass is 16.7. The van der Waals surface area contributed by atoms with Gasteiger partial charge in [0.1, 0.15) is 40.8 Å². The van der Waals surface area contributed by atoms with Crippen molar-refractivity contribution in [1.29, 1.82) is 0 Å². The first kappa shape index (κ1) is 21.7. The second-order valence-corrected chi connectivity index (χ2v) is 7.44. The normalized spacial score (nSPS) is 24.0. The highest BCUT2D eigenvalue weighted by Gasteiger charge is 2.47. The first-order valence-electron chi connectivity index (χ1n) is 9.50. The van der Waals surface area contributed by atoms with Crippen LogP contribution >= 0.6 is 0 Å². The van der Waals surface area contributed by atoms with Gasteiger partial charge in [-0.05, 0) is 25.1 Å². The van der Waals surface area contributed by atoms with Crippen molar-refractivity contribution < 1.29 is 49.6 Å². The molecular weight excluding hydrogens is 428 g/mol. The summed E-state index contributed by atoms with van der Waals surface area (Å²) in [5.74, 6) is -2.79. The Labute approximate surface area is 179 Å². The molecule has 2 heterocycles. The third-order valence-electron chi connectivity index (χ3n) is 5.12. The van der Waals surface area contributed by atoms with Crippen molar-refractivity contribution in [2.45, 2.75) is 37.6 Å². The fourth-order valence-corrected chi connectivity index (χ4v) is 3.51. The molecule has 170 valence electrons. The second-order valence-electron chi connectivity index (χ2n) is 7.44. The number of hydrogen-bond donors (Lipinski definition) is 7. The first-order chi connectivity index (χ1) is 15.1. The zero-order valence-corrected chi connectivity index (χ0v) is 16.5. The quantitative estimate of drug-likeness (QED) is 0.275. The molecule has 0 saturated carbocycles. The van der Waals surface area contributed by atoms with Crippen LogP contribution < -0.4 is 10.2 Å². The lowest BCUT2D eigenvalue weighted by Gasteiger charge is -2.19. The fourth-order valence-electron chi connectivity index (χ4n) is 3.51. The van der Waals surface area contributed by atoms with E-state index in [2.05, 4.69) is 0 Å². The summed E-state index contributed by atoms with van der Waals surface area (Å²) in [7, 11) is 0. The van der Waals surface area contributed by atoms with E-state index in [0.717, 1.165) is 24.3 Å². The molecular formula is C21H20O11. The molecule has 7 N–H and O–H groups in total. The lowest BCUT2D eigenvalue weighted by Crippen LogP contribution is -2.38. The summed E-state index contributed by atoms with van der Waals surface area (Å²) in [5, 5.41) is 69.1. The SMILES string of the molecule is CC(O)C1OC(Oc2c(-c3ccc(O)c(O)c3)oc3cc(O)cc(O)c3c2=O)C(O)C1O. The molecule has 11 nitrogen and oxygen atoms in total. The van der Waals surface area contributed by atoms with E-state index in [9.17, 15) is 40.5 Å². The van der Waals surface area contributed by atoms with E-state index < -0.39 is 59.1 Å². The van der Waals surface area contributed by atoms with E-state index in [1.807, 2.05) is 0 Å². The van der Waals surface area contributed by atoms with Crippen LogP contribution in [0.2, 0.25) is 0 Å². The smallest absolute Gasteiger partial charge is 0.239 e. The van der Waals surface area contributed by atoms with Crippen LogP contribution in [0.4, 0.5) is 0 Å². The maximum absolute atomic E-state index is 13.2. The first-order valence-corrected chi connectivity index (χ1v) is 9.50. The molecule has 0 spiro atoms. The van der Waals surface area contributed by atoms with E-state index in [-0.39, 0.29) is 28.0 Å². The van der Waals surface area contributed by atoms with Gasteiger partial charge in [0.05, 0.1) is 6.10 Å². The van der Waals surface area contributed by atoms with Crippen molar-refractivity contribution in [3.63, 3.8) is 0 Å². The highest BCUT2D eigenvalue weighted by Crippen LogP contribution is 2.39. The van der Waals surface area contributed by atoms with Gasteiger partial charge < -0.3 is 49.6 Å². The number of hydrogen-bond acceptors (Lipinski definition) is 11. The Bertz CT molecular complexity index is 1230. The highest BCUT2D eigenvalue weighted by molar-refractivity contribution is 5.88. The topological polar surface area (TPSA) is 190 Å². The minimum absolute atomic E-state index is 0.0669. The van der Waals surface area contributed by atoms with Crippen LogP contribution in [0.3, 0.4) is 0 Å². The monoisotopic (exact) mass is 448 g/mol. The Morgan fingerprint density at radius 2 is 1.69 bits per heavy atom. The molecule has 11 heteroatoms. The van der Waals surface area contributed by atoms with E-state index in [1.54, 1.807) is 0 Å². The number of fused-ring (bicyclic) bond motifs is 1. The minimum Gasteiger partial charge on any atom is -0.508 e. The second kappa shape index (κ2) is 7.88. The van der Waals surface area contributed by atoms with Gasteiger partial charge in [-0.25, -0.2) is 0 Å². The molecule has 0 radical (unpaired) electrons. The maximum Gasteiger partial charge on any atom is 0.239 e. The van der Waals surface area contributed by atoms with Crippen molar-refractivity contribution >= 4 is 11.0 Å². The van der Waals surface area contributed by atoms with Crippen LogP contribution in [0.15, 0.2) is 39.5 Å². The van der Waals surface area contributed by atoms with Gasteiger partial charge in [0, 0.05) is 17.7 Å². The van der Waals surface area contributed by atoms with Crippen molar-refractivity contribution in [3.05, 3.63) is 40.6 Å². The summed E-state index contributed by atoms with van der Waals surface area (Å²) < 4.78 is 16.6. The fraction of sp³-hybridized carbons (Fsp3) is 0.286. The van der Waals surface area contributed by atoms with Crippen molar-refractivity contribution in [2.24, 2.45) is 0 Å². The van der Waals surface area contributed by atoms with Gasteiger partial charge in [0.15, 0.2) is 17.3 Å². The Morgan fingerprint density at radius 1 is 0.969 bits per heavy atom. The van der Waals surface area contributed by atoms with Gasteiger partial charge in [-0.2, -0.15) is 0 Å². The Morgan fingerprint density at radius 3 is 2.31 bits per heavy atom. The molecule has 1 aromatic heterocycles. The van der Waals surface area contributed by atoms with Gasteiger partial charge >= 0.3 is 0 Å². The number of benzene rings is 2. The maximum atomic E-state index is 13.2. The Hall–Kier alpha value is -3.51. The summed E-state index contributed by atoms with van der Waals surface area (Å²) in [5.41, 5.74) is -1.05. The van der Waals surface area contributed by atoms with Gasteiger partial charge in [0.25, 0.3) is 0 Å². The molecule has 4 rings (SSSR count). The number of aliphatic hydroxyl groups excluding tert-OH is 3. The van der Waals surface area contributed by atoms with Crippen LogP contribution in [-0.4, -0.2) is 66.5 Å². The van der Waals surface area contributed by atoms with Crippen LogP contribution in [0.25, 0.3) is 22.3 Å². The number of aliphatic hydroxyl groups is 3. The van der Waals surface area contributed by atoms with Crippen molar-refractivity contribution in [2.75, 3.05) is 0 Å². The standard InChI is InChI=1S/C21H20O11/c1-7(22)18-16(28)17(29)21(31-18)32-20-15(27)14-12(26)5-9(23)6-13(14)30-19(20)8-2-3-10(24)11(25)4-8/h2-7,16-18,21-26,28-29H,1H3. The molecule has 0 bridgehead atoms. The number of rotatable bonds is 4. The molecule has 1 saturated heterocycles. The molecule has 0 amide bonds. The zero-order chi connectivity index (χ0) is 23.3. The summed E-state index contributed by atoms with van der Waals surface area (Å²) in [6.07, 6.45) is -7.11. The molecule has 0 aliphatic carbocycles. The largest absolute Gasteiger partial charge is 0.508 e. The van der Waals surface area contributed by atoms with Crippen molar-refractivity contribution in [1.82, 2.24) is 0 Å². The molecule has 32 heavy (non-hydrogen) atoms. The molecule has 5 atom stereocenters. The molecule has 1 aliphatic rings. The lowest BCUT2D eigenvalue weighted by atomic mass is 10.1. The van der Waals surface area contributed by atoms with E-state index in [0.29, 0.717) is 0 Å². The average molecular weight is 448 g/mol. The summed E-state index contributed by atoms with van der Waals surface area (Å²) in [6.45, 7) is 1.34. The summed E-state index contributed by atoms with van der Waals surface area (Å²) in [6, 6.07) is 5.51. The lowest BCUT2D eigenvalue weighted by molar-refractivity contribution is -0.129. The molecule has 5 unspecified atom stereocenters. The van der Waals surface area contributed by atoms with Crippen LogP contribution in [-0.2, 0) is 4.74 Å². The van der Waals surface area contributed by atoms with E-state index in [4.69, 9.17) is 13.9 Å². The third-order valence-corrected chi connectivity index (χ3v) is 5.12. The summed E-state index contributed by atoms with van der Waals surface area (Å²) in [4.78, 5) is 13.2. The number of ether oxygens (including phenoxy) is 2.